The van der Waals surface area contributed by atoms with E-state index in [9.17, 15) is 19.5 Å². The van der Waals surface area contributed by atoms with Gasteiger partial charge in [-0.15, -0.1) is 0 Å². The van der Waals surface area contributed by atoms with Crippen LogP contribution in [0.4, 0.5) is 0 Å². The third kappa shape index (κ3) is 8.88. The average molecular weight is 522 g/mol. The minimum absolute atomic E-state index is 0.637. The lowest BCUT2D eigenvalue weighted by Crippen LogP contribution is -3.11. The zero-order valence-electron chi connectivity index (χ0n) is 21.3. The van der Waals surface area contributed by atoms with E-state index >= 15 is 0 Å². The summed E-state index contributed by atoms with van der Waals surface area (Å²) in [5, 5.41) is 37.9. The Balaban J connectivity index is 0.000000317. The van der Waals surface area contributed by atoms with Crippen molar-refractivity contribution in [2.24, 2.45) is 0 Å². The highest BCUT2D eigenvalue weighted by molar-refractivity contribution is 5.87. The fourth-order valence-corrected chi connectivity index (χ4v) is 3.83. The molecule has 1 heterocycles. The van der Waals surface area contributed by atoms with Crippen LogP contribution in [0.5, 0.6) is 11.5 Å². The van der Waals surface area contributed by atoms with Crippen LogP contribution in [0, 0.1) is 0 Å². The molecular weight excluding hydrogens is 486 g/mol. The molecule has 0 aliphatic carbocycles. The number of fused-ring (bicyclic) bond motifs is 2. The monoisotopic (exact) mass is 521 g/mol. The first-order valence-corrected chi connectivity index (χ1v) is 12.1. The number of likely N-dealkylation sites (N-methyl/N-ethyl adjacent to an activating group) is 1. The largest absolute Gasteiger partial charge is 0.547 e. The summed E-state index contributed by atoms with van der Waals surface area (Å²) in [6, 6.07) is 12.4. The molecule has 204 valence electrons. The maximum atomic E-state index is 10.2. The molecule has 3 rings (SSSR count). The van der Waals surface area contributed by atoms with Crippen LogP contribution in [0.15, 0.2) is 36.4 Å². The maximum absolute atomic E-state index is 10.2. The van der Waals surface area contributed by atoms with Crippen molar-refractivity contribution in [1.29, 1.82) is 0 Å². The van der Waals surface area contributed by atoms with E-state index in [1.165, 1.54) is 10.8 Å². The first-order valence-electron chi connectivity index (χ1n) is 12.1. The van der Waals surface area contributed by atoms with Crippen LogP contribution >= 0.6 is 0 Å². The molecule has 0 spiro atoms. The highest BCUT2D eigenvalue weighted by Gasteiger charge is 2.37. The number of hydrogen-bond donors (Lipinski definition) is 4. The van der Waals surface area contributed by atoms with Gasteiger partial charge >= 0.3 is 11.9 Å². The Morgan fingerprint density at radius 2 is 1.46 bits per heavy atom. The SMILES string of the molecule is CC[NH+](CC)CCOCCC1(C)Oc2cc3ccccc3cc2O1.O=C(O)CC(O)(CC(=O)O)C(=O)[O-]. The summed E-state index contributed by atoms with van der Waals surface area (Å²) in [6.45, 7) is 11.2. The first-order chi connectivity index (χ1) is 17.4. The molecule has 0 unspecified atom stereocenters. The van der Waals surface area contributed by atoms with Gasteiger partial charge in [-0.25, -0.2) is 0 Å². The third-order valence-corrected chi connectivity index (χ3v) is 6.03. The van der Waals surface area contributed by atoms with Crippen molar-refractivity contribution >= 4 is 28.7 Å². The molecular formula is C26H35NO10. The van der Waals surface area contributed by atoms with Crippen molar-refractivity contribution in [3.63, 3.8) is 0 Å². The van der Waals surface area contributed by atoms with Crippen molar-refractivity contribution < 1.29 is 53.9 Å². The number of ether oxygens (including phenoxy) is 3. The van der Waals surface area contributed by atoms with Crippen molar-refractivity contribution in [2.75, 3.05) is 32.8 Å². The van der Waals surface area contributed by atoms with Gasteiger partial charge in [-0.3, -0.25) is 9.59 Å². The van der Waals surface area contributed by atoms with E-state index in [0.717, 1.165) is 37.7 Å². The summed E-state index contributed by atoms with van der Waals surface area (Å²) in [5.41, 5.74) is -2.85. The van der Waals surface area contributed by atoms with Crippen molar-refractivity contribution in [2.45, 2.75) is 51.4 Å². The van der Waals surface area contributed by atoms with Crippen LogP contribution in [-0.4, -0.2) is 77.5 Å². The summed E-state index contributed by atoms with van der Waals surface area (Å²) in [7, 11) is 0. The normalized spacial score (nSPS) is 13.8. The van der Waals surface area contributed by atoms with Crippen LogP contribution in [0.1, 0.15) is 40.0 Å². The molecule has 2 aromatic carbocycles. The zero-order valence-corrected chi connectivity index (χ0v) is 21.3. The fraction of sp³-hybridized carbons (Fsp3) is 0.500. The number of aliphatic carboxylic acids is 3. The smallest absolute Gasteiger partial charge is 0.306 e. The quantitative estimate of drug-likeness (QED) is 0.265. The van der Waals surface area contributed by atoms with Gasteiger partial charge in [0.2, 0.25) is 0 Å². The highest BCUT2D eigenvalue weighted by atomic mass is 16.7. The summed E-state index contributed by atoms with van der Waals surface area (Å²) in [4.78, 5) is 31.9. The topological polar surface area (TPSA) is 167 Å². The van der Waals surface area contributed by atoms with Gasteiger partial charge in [0.25, 0.3) is 5.79 Å². The Hall–Kier alpha value is -3.41. The van der Waals surface area contributed by atoms with Gasteiger partial charge in [-0.05, 0) is 36.8 Å². The fourth-order valence-electron chi connectivity index (χ4n) is 3.83. The lowest BCUT2D eigenvalue weighted by molar-refractivity contribution is -0.896. The van der Waals surface area contributed by atoms with Gasteiger partial charge in [-0.1, -0.05) is 24.3 Å². The molecule has 0 fully saturated rings. The molecule has 0 saturated heterocycles. The van der Waals surface area contributed by atoms with Crippen molar-refractivity contribution in [1.82, 2.24) is 0 Å². The molecule has 4 N–H and O–H groups in total. The van der Waals surface area contributed by atoms with Crippen LogP contribution in [-0.2, 0) is 19.1 Å². The molecule has 0 atom stereocenters. The Labute approximate surface area is 215 Å². The van der Waals surface area contributed by atoms with Crippen LogP contribution in [0.25, 0.3) is 10.8 Å². The third-order valence-electron chi connectivity index (χ3n) is 6.03. The predicted molar refractivity (Wildman–Crippen MR) is 130 cm³/mol. The Morgan fingerprint density at radius 3 is 1.86 bits per heavy atom. The van der Waals surface area contributed by atoms with Gasteiger partial charge in [0.1, 0.15) is 12.1 Å². The maximum Gasteiger partial charge on any atom is 0.306 e. The molecule has 0 radical (unpaired) electrons. The van der Waals surface area contributed by atoms with E-state index in [0.29, 0.717) is 13.0 Å². The molecule has 0 amide bonds. The molecule has 11 heteroatoms. The van der Waals surface area contributed by atoms with Gasteiger partial charge < -0.3 is 44.3 Å². The van der Waals surface area contributed by atoms with E-state index in [4.69, 9.17) is 29.5 Å². The summed E-state index contributed by atoms with van der Waals surface area (Å²) >= 11 is 0. The molecule has 0 saturated carbocycles. The van der Waals surface area contributed by atoms with Gasteiger partial charge in [0, 0.05) is 13.3 Å². The lowest BCUT2D eigenvalue weighted by atomic mass is 9.96. The van der Waals surface area contributed by atoms with E-state index in [1.807, 2.05) is 19.1 Å². The molecule has 0 bridgehead atoms. The Kier molecular flexibility index (Phi) is 10.7. The second-order valence-electron chi connectivity index (χ2n) is 9.01. The first kappa shape index (κ1) is 29.8. The minimum Gasteiger partial charge on any atom is -0.547 e. The van der Waals surface area contributed by atoms with Crippen LogP contribution in [0.3, 0.4) is 0 Å². The number of hydrogen-bond acceptors (Lipinski definition) is 8. The number of carbonyl (C=O) groups is 3. The molecule has 11 nitrogen and oxygen atoms in total. The number of quaternary nitrogens is 1. The van der Waals surface area contributed by atoms with Gasteiger partial charge in [0.15, 0.2) is 11.5 Å². The van der Waals surface area contributed by atoms with E-state index < -0.39 is 42.1 Å². The summed E-state index contributed by atoms with van der Waals surface area (Å²) in [5.74, 6) is -4.34. The van der Waals surface area contributed by atoms with Crippen molar-refractivity contribution in [3.05, 3.63) is 36.4 Å². The standard InChI is InChI=1S/C20H27NO3.C6H8O7/c1-4-21(5-2)11-13-22-12-10-20(3)23-18-14-16-8-6-7-9-17(16)15-19(18)24-20;7-3(8)1-6(13,5(11)12)2-4(9)10/h6-9,14-15H,4-5,10-13H2,1-3H3;13H,1-2H2,(H,7,8)(H,9,10)(H,11,12). The minimum atomic E-state index is -2.85. The second kappa shape index (κ2) is 13.2. The van der Waals surface area contributed by atoms with Crippen LogP contribution in [0.2, 0.25) is 0 Å². The predicted octanol–water partition coefficient (Wildman–Crippen LogP) is 0.0754. The molecule has 2 aromatic rings. The number of carboxylic acids is 3. The number of benzene rings is 2. The highest BCUT2D eigenvalue weighted by Crippen LogP contribution is 2.43. The van der Waals surface area contributed by atoms with E-state index in [1.54, 1.807) is 4.90 Å². The molecule has 1 aliphatic heterocycles. The van der Waals surface area contributed by atoms with E-state index in [-0.39, 0.29) is 0 Å². The molecule has 0 aromatic heterocycles. The second-order valence-corrected chi connectivity index (χ2v) is 9.01. The molecule has 37 heavy (non-hydrogen) atoms. The van der Waals surface area contributed by atoms with Gasteiger partial charge in [-0.2, -0.15) is 0 Å². The number of carboxylic acid groups (broad SMARTS) is 3. The van der Waals surface area contributed by atoms with E-state index in [2.05, 4.69) is 38.1 Å². The Morgan fingerprint density at radius 1 is 0.973 bits per heavy atom. The lowest BCUT2D eigenvalue weighted by Gasteiger charge is -2.25. The summed E-state index contributed by atoms with van der Waals surface area (Å²) in [6.07, 6.45) is -1.70. The average Bonchev–Trinajstić information content (AvgIpc) is 3.14. The number of nitrogens with one attached hydrogen (secondary N) is 1. The van der Waals surface area contributed by atoms with Crippen molar-refractivity contribution in [3.8, 4) is 11.5 Å². The number of aliphatic hydroxyl groups is 1. The molecule has 1 aliphatic rings. The number of rotatable bonds is 13. The van der Waals surface area contributed by atoms with Crippen LogP contribution < -0.4 is 19.5 Å². The Bertz CT molecular complexity index is 1020. The zero-order chi connectivity index (χ0) is 27.6. The van der Waals surface area contributed by atoms with Gasteiger partial charge in [0.05, 0.1) is 45.1 Å². The number of carbonyl (C=O) groups excluding carboxylic acids is 1. The summed E-state index contributed by atoms with van der Waals surface area (Å²) < 4.78 is 17.9.